The van der Waals surface area contributed by atoms with E-state index in [0.717, 1.165) is 42.0 Å². The lowest BCUT2D eigenvalue weighted by molar-refractivity contribution is 0.512. The van der Waals surface area contributed by atoms with E-state index >= 15 is 0 Å². The molecule has 122 valence electrons. The molecule has 0 bridgehead atoms. The van der Waals surface area contributed by atoms with E-state index in [0.29, 0.717) is 12.5 Å². The van der Waals surface area contributed by atoms with Gasteiger partial charge in [0.1, 0.15) is 18.1 Å². The number of fused-ring (bicyclic) bond motifs is 1. The Labute approximate surface area is 151 Å². The van der Waals surface area contributed by atoms with Crippen molar-refractivity contribution >= 4 is 41.0 Å². The number of hydrogen-bond donors (Lipinski definition) is 3. The van der Waals surface area contributed by atoms with Crippen molar-refractivity contribution in [3.05, 3.63) is 54.2 Å². The number of aromatic nitrogens is 2. The summed E-state index contributed by atoms with van der Waals surface area (Å²) in [5.41, 5.74) is 7.88. The second-order valence-electron chi connectivity index (χ2n) is 5.01. The number of nitrogens with zero attached hydrogens (tertiary/aromatic N) is 2. The van der Waals surface area contributed by atoms with Crippen LogP contribution in [-0.2, 0) is 13.0 Å². The van der Waals surface area contributed by atoms with Crippen LogP contribution in [-0.4, -0.2) is 22.5 Å². The first-order valence-electron chi connectivity index (χ1n) is 7.31. The summed E-state index contributed by atoms with van der Waals surface area (Å²) in [5.74, 6) is 2.22. The molecule has 7 heteroatoms. The standard InChI is InChI=1S/C16H19N5O.HI/c17-16(19-11-12-5-4-10-22-12)18-9-3-8-15-20-13-6-1-2-7-14(13)21-15;/h1-2,4-7,10H,3,8-9,11H2,(H,20,21)(H3,17,18,19);1H. The summed E-state index contributed by atoms with van der Waals surface area (Å²) in [5, 5.41) is 3.09. The fourth-order valence-corrected chi connectivity index (χ4v) is 2.22. The molecule has 0 aliphatic carbocycles. The minimum Gasteiger partial charge on any atom is -0.467 e. The van der Waals surface area contributed by atoms with Gasteiger partial charge in [-0.05, 0) is 30.7 Å². The number of imidazole rings is 1. The summed E-state index contributed by atoms with van der Waals surface area (Å²) in [6.45, 7) is 1.21. The van der Waals surface area contributed by atoms with Gasteiger partial charge in [0.05, 0.1) is 17.3 Å². The Morgan fingerprint density at radius 1 is 1.26 bits per heavy atom. The molecule has 0 saturated heterocycles. The monoisotopic (exact) mass is 425 g/mol. The van der Waals surface area contributed by atoms with Crippen molar-refractivity contribution in [2.45, 2.75) is 19.4 Å². The predicted molar refractivity (Wildman–Crippen MR) is 102 cm³/mol. The van der Waals surface area contributed by atoms with Crippen LogP contribution in [0.5, 0.6) is 0 Å². The van der Waals surface area contributed by atoms with Crippen LogP contribution < -0.4 is 11.1 Å². The highest BCUT2D eigenvalue weighted by Gasteiger charge is 2.01. The molecular formula is C16H20IN5O. The quantitative estimate of drug-likeness (QED) is 0.245. The maximum absolute atomic E-state index is 5.80. The highest BCUT2D eigenvalue weighted by atomic mass is 127. The van der Waals surface area contributed by atoms with E-state index in [1.54, 1.807) is 6.26 Å². The van der Waals surface area contributed by atoms with Crippen LogP contribution in [0.1, 0.15) is 18.0 Å². The third-order valence-electron chi connectivity index (χ3n) is 3.32. The molecule has 3 aromatic rings. The molecule has 0 radical (unpaired) electrons. The molecule has 2 aromatic heterocycles. The summed E-state index contributed by atoms with van der Waals surface area (Å²) in [6.07, 6.45) is 3.42. The van der Waals surface area contributed by atoms with Gasteiger partial charge in [0, 0.05) is 13.0 Å². The van der Waals surface area contributed by atoms with E-state index in [2.05, 4.69) is 20.3 Å². The number of H-pyrrole nitrogens is 1. The molecule has 0 saturated carbocycles. The van der Waals surface area contributed by atoms with Gasteiger partial charge in [0.25, 0.3) is 0 Å². The van der Waals surface area contributed by atoms with E-state index in [-0.39, 0.29) is 24.0 Å². The zero-order valence-electron chi connectivity index (χ0n) is 12.7. The van der Waals surface area contributed by atoms with Crippen LogP contribution in [0.25, 0.3) is 11.0 Å². The van der Waals surface area contributed by atoms with E-state index in [1.165, 1.54) is 0 Å². The second-order valence-corrected chi connectivity index (χ2v) is 5.01. The number of para-hydroxylation sites is 2. The topological polar surface area (TPSA) is 92.2 Å². The summed E-state index contributed by atoms with van der Waals surface area (Å²) in [7, 11) is 0. The Morgan fingerprint density at radius 2 is 2.13 bits per heavy atom. The average Bonchev–Trinajstić information content (AvgIpc) is 3.18. The number of furan rings is 1. The van der Waals surface area contributed by atoms with Crippen molar-refractivity contribution in [1.82, 2.24) is 15.3 Å². The highest BCUT2D eigenvalue weighted by Crippen LogP contribution is 2.11. The fourth-order valence-electron chi connectivity index (χ4n) is 2.22. The van der Waals surface area contributed by atoms with E-state index in [9.17, 15) is 0 Å². The Morgan fingerprint density at radius 3 is 2.91 bits per heavy atom. The molecule has 23 heavy (non-hydrogen) atoms. The summed E-state index contributed by atoms with van der Waals surface area (Å²) < 4.78 is 5.19. The van der Waals surface area contributed by atoms with Gasteiger partial charge in [0.2, 0.25) is 0 Å². The van der Waals surface area contributed by atoms with Gasteiger partial charge >= 0.3 is 0 Å². The number of nitrogens with one attached hydrogen (secondary N) is 2. The molecule has 0 aliphatic heterocycles. The van der Waals surface area contributed by atoms with Crippen molar-refractivity contribution in [2.75, 3.05) is 6.54 Å². The van der Waals surface area contributed by atoms with Gasteiger partial charge in [-0.15, -0.1) is 24.0 Å². The first-order valence-corrected chi connectivity index (χ1v) is 7.31. The van der Waals surface area contributed by atoms with Crippen LogP contribution in [0.4, 0.5) is 0 Å². The second kappa shape index (κ2) is 8.56. The summed E-state index contributed by atoms with van der Waals surface area (Å²) >= 11 is 0. The molecule has 2 heterocycles. The van der Waals surface area contributed by atoms with Gasteiger partial charge in [-0.2, -0.15) is 0 Å². The number of halogens is 1. The number of nitrogens with two attached hydrogens (primary N) is 1. The van der Waals surface area contributed by atoms with Crippen molar-refractivity contribution in [1.29, 1.82) is 0 Å². The first kappa shape index (κ1) is 17.3. The molecule has 0 spiro atoms. The molecule has 3 rings (SSSR count). The third-order valence-corrected chi connectivity index (χ3v) is 3.32. The molecule has 0 atom stereocenters. The van der Waals surface area contributed by atoms with Crippen LogP contribution in [0.2, 0.25) is 0 Å². The minimum absolute atomic E-state index is 0. The lowest BCUT2D eigenvalue weighted by Crippen LogP contribution is -2.32. The smallest absolute Gasteiger partial charge is 0.189 e. The maximum atomic E-state index is 5.80. The zero-order valence-corrected chi connectivity index (χ0v) is 15.0. The number of guanidine groups is 1. The van der Waals surface area contributed by atoms with Crippen molar-refractivity contribution in [3.63, 3.8) is 0 Å². The number of benzene rings is 1. The normalized spacial score (nSPS) is 11.4. The van der Waals surface area contributed by atoms with E-state index < -0.39 is 0 Å². The SMILES string of the molecule is I.NC(=NCc1ccco1)NCCCc1nc2ccccc2[nH]1. The van der Waals surface area contributed by atoms with Crippen LogP contribution in [0.3, 0.4) is 0 Å². The number of aliphatic imine (C=N–C) groups is 1. The van der Waals surface area contributed by atoms with Crippen LogP contribution in [0.15, 0.2) is 52.1 Å². The molecule has 0 amide bonds. The van der Waals surface area contributed by atoms with Gasteiger partial charge in [-0.1, -0.05) is 12.1 Å². The van der Waals surface area contributed by atoms with Crippen molar-refractivity contribution < 1.29 is 4.42 Å². The van der Waals surface area contributed by atoms with E-state index in [1.807, 2.05) is 36.4 Å². The molecule has 0 unspecified atom stereocenters. The Kier molecular flexibility index (Phi) is 6.45. The lowest BCUT2D eigenvalue weighted by Gasteiger charge is -2.04. The first-order chi connectivity index (χ1) is 10.8. The van der Waals surface area contributed by atoms with Gasteiger partial charge in [-0.25, -0.2) is 9.98 Å². The zero-order chi connectivity index (χ0) is 15.2. The summed E-state index contributed by atoms with van der Waals surface area (Å²) in [4.78, 5) is 12.1. The number of aromatic amines is 1. The maximum Gasteiger partial charge on any atom is 0.189 e. The largest absolute Gasteiger partial charge is 0.467 e. The molecule has 4 N–H and O–H groups in total. The number of hydrogen-bond acceptors (Lipinski definition) is 3. The van der Waals surface area contributed by atoms with Crippen LogP contribution in [0, 0.1) is 0 Å². The molecule has 1 aromatic carbocycles. The van der Waals surface area contributed by atoms with Crippen molar-refractivity contribution in [3.8, 4) is 0 Å². The number of aryl methyl sites for hydroxylation is 1. The molecule has 0 aliphatic rings. The fraction of sp³-hybridized carbons (Fsp3) is 0.250. The molecular weight excluding hydrogens is 405 g/mol. The third kappa shape index (κ3) is 4.98. The van der Waals surface area contributed by atoms with Crippen LogP contribution >= 0.6 is 24.0 Å². The number of rotatable bonds is 6. The predicted octanol–water partition coefficient (Wildman–Crippen LogP) is 2.81. The Balaban J connectivity index is 0.00000192. The molecule has 6 nitrogen and oxygen atoms in total. The summed E-state index contributed by atoms with van der Waals surface area (Å²) in [6, 6.07) is 11.7. The van der Waals surface area contributed by atoms with Gasteiger partial charge in [-0.3, -0.25) is 0 Å². The average molecular weight is 425 g/mol. The lowest BCUT2D eigenvalue weighted by atomic mass is 10.3. The Bertz CT molecular complexity index is 718. The van der Waals surface area contributed by atoms with Crippen molar-refractivity contribution in [2.24, 2.45) is 10.7 Å². The Hall–Kier alpha value is -2.03. The molecule has 0 fully saturated rings. The van der Waals surface area contributed by atoms with Gasteiger partial charge in [0.15, 0.2) is 5.96 Å². The highest BCUT2D eigenvalue weighted by molar-refractivity contribution is 14.0. The van der Waals surface area contributed by atoms with Gasteiger partial charge < -0.3 is 20.5 Å². The minimum atomic E-state index is 0. The van der Waals surface area contributed by atoms with E-state index in [4.69, 9.17) is 10.2 Å².